The summed E-state index contributed by atoms with van der Waals surface area (Å²) in [5, 5.41) is 3.86. The van der Waals surface area contributed by atoms with Crippen LogP contribution in [0.5, 0.6) is 11.5 Å². The number of hydrazone groups is 1. The van der Waals surface area contributed by atoms with Crippen molar-refractivity contribution in [2.24, 2.45) is 5.10 Å². The molecule has 6 heteroatoms. The van der Waals surface area contributed by atoms with E-state index in [0.717, 1.165) is 14.7 Å². The molecule has 0 aliphatic carbocycles. The van der Waals surface area contributed by atoms with Gasteiger partial charge in [0, 0.05) is 6.92 Å². The van der Waals surface area contributed by atoms with E-state index in [9.17, 15) is 4.79 Å². The zero-order chi connectivity index (χ0) is 17.5. The summed E-state index contributed by atoms with van der Waals surface area (Å²) in [5.74, 6) is 1.10. The standard InChI is InChI=1S/C18H19IN2O3/c1-12-4-6-14(7-5-12)11-24-18-16(19)8-15(9-17(18)23-3)10-20-21-13(2)22/h4-10H,11H2,1-3H3,(H,21,22)/b20-10-. The Labute approximate surface area is 155 Å². The maximum absolute atomic E-state index is 10.8. The number of methoxy groups -OCH3 is 1. The smallest absolute Gasteiger partial charge is 0.236 e. The van der Waals surface area contributed by atoms with E-state index in [0.29, 0.717) is 18.1 Å². The highest BCUT2D eigenvalue weighted by molar-refractivity contribution is 14.1. The normalized spacial score (nSPS) is 10.7. The lowest BCUT2D eigenvalue weighted by molar-refractivity contribution is -0.118. The fourth-order valence-electron chi connectivity index (χ4n) is 1.99. The molecule has 0 aliphatic rings. The van der Waals surface area contributed by atoms with Crippen LogP contribution >= 0.6 is 22.6 Å². The first kappa shape index (κ1) is 18.3. The Morgan fingerprint density at radius 3 is 2.62 bits per heavy atom. The zero-order valence-corrected chi connectivity index (χ0v) is 16.0. The van der Waals surface area contributed by atoms with Crippen LogP contribution < -0.4 is 14.9 Å². The predicted molar refractivity (Wildman–Crippen MR) is 103 cm³/mol. The quantitative estimate of drug-likeness (QED) is 0.426. The second-order valence-corrected chi connectivity index (χ2v) is 6.40. The van der Waals surface area contributed by atoms with Gasteiger partial charge >= 0.3 is 0 Å². The van der Waals surface area contributed by atoms with E-state index in [2.05, 4.69) is 52.2 Å². The highest BCUT2D eigenvalue weighted by Crippen LogP contribution is 2.34. The Bertz CT molecular complexity index is 743. The SMILES string of the molecule is COc1cc(/C=N\NC(C)=O)cc(I)c1OCc1ccc(C)cc1. The summed E-state index contributed by atoms with van der Waals surface area (Å²) in [6, 6.07) is 11.9. The Kier molecular flexibility index (Phi) is 6.60. The van der Waals surface area contributed by atoms with E-state index >= 15 is 0 Å². The molecule has 5 nitrogen and oxygen atoms in total. The average Bonchev–Trinajstić information content (AvgIpc) is 2.54. The molecular formula is C18H19IN2O3. The molecule has 0 heterocycles. The summed E-state index contributed by atoms with van der Waals surface area (Å²) in [6.07, 6.45) is 1.57. The molecule has 0 aliphatic heterocycles. The third kappa shape index (κ3) is 5.23. The van der Waals surface area contributed by atoms with Crippen molar-refractivity contribution in [2.45, 2.75) is 20.5 Å². The summed E-state index contributed by atoms with van der Waals surface area (Å²) in [6.45, 7) is 3.92. The van der Waals surface area contributed by atoms with Crippen LogP contribution in [0.15, 0.2) is 41.5 Å². The topological polar surface area (TPSA) is 59.9 Å². The molecule has 0 saturated carbocycles. The Morgan fingerprint density at radius 2 is 2.00 bits per heavy atom. The van der Waals surface area contributed by atoms with Crippen molar-refractivity contribution in [3.05, 3.63) is 56.7 Å². The molecule has 1 amide bonds. The van der Waals surface area contributed by atoms with E-state index in [1.165, 1.54) is 12.5 Å². The van der Waals surface area contributed by atoms with Crippen molar-refractivity contribution in [3.8, 4) is 11.5 Å². The molecule has 0 fully saturated rings. The van der Waals surface area contributed by atoms with Gasteiger partial charge in [0.1, 0.15) is 6.61 Å². The average molecular weight is 438 g/mol. The number of aryl methyl sites for hydroxylation is 1. The molecule has 2 aromatic carbocycles. The van der Waals surface area contributed by atoms with Crippen LogP contribution in [0, 0.1) is 10.5 Å². The van der Waals surface area contributed by atoms with Crippen molar-refractivity contribution in [1.82, 2.24) is 5.43 Å². The number of ether oxygens (including phenoxy) is 2. The van der Waals surface area contributed by atoms with Gasteiger partial charge in [-0.1, -0.05) is 29.8 Å². The summed E-state index contributed by atoms with van der Waals surface area (Å²) in [4.78, 5) is 10.8. The van der Waals surface area contributed by atoms with Crippen LogP contribution in [0.3, 0.4) is 0 Å². The number of carbonyl (C=O) groups excluding carboxylic acids is 1. The molecule has 24 heavy (non-hydrogen) atoms. The van der Waals surface area contributed by atoms with Crippen LogP contribution in [-0.4, -0.2) is 19.2 Å². The summed E-state index contributed by atoms with van der Waals surface area (Å²) in [5.41, 5.74) is 5.49. The van der Waals surface area contributed by atoms with Crippen LogP contribution in [0.4, 0.5) is 0 Å². The van der Waals surface area contributed by atoms with Gasteiger partial charge in [-0.2, -0.15) is 5.10 Å². The van der Waals surface area contributed by atoms with E-state index < -0.39 is 0 Å². The molecule has 0 spiro atoms. The minimum absolute atomic E-state index is 0.217. The van der Waals surface area contributed by atoms with Crippen molar-refractivity contribution in [3.63, 3.8) is 0 Å². The van der Waals surface area contributed by atoms with Gasteiger partial charge in [0.2, 0.25) is 5.91 Å². The van der Waals surface area contributed by atoms with E-state index in [1.807, 2.05) is 24.3 Å². The van der Waals surface area contributed by atoms with Gasteiger partial charge in [-0.3, -0.25) is 4.79 Å². The van der Waals surface area contributed by atoms with Gasteiger partial charge in [-0.05, 0) is 52.8 Å². The number of hydrogen-bond acceptors (Lipinski definition) is 4. The molecule has 0 atom stereocenters. The van der Waals surface area contributed by atoms with Crippen LogP contribution in [-0.2, 0) is 11.4 Å². The number of hydrogen-bond donors (Lipinski definition) is 1. The second-order valence-electron chi connectivity index (χ2n) is 5.23. The summed E-state index contributed by atoms with van der Waals surface area (Å²) >= 11 is 2.19. The first-order valence-corrected chi connectivity index (χ1v) is 8.43. The first-order chi connectivity index (χ1) is 11.5. The van der Waals surface area contributed by atoms with Crippen LogP contribution in [0.2, 0.25) is 0 Å². The van der Waals surface area contributed by atoms with E-state index in [1.54, 1.807) is 13.3 Å². The highest BCUT2D eigenvalue weighted by Gasteiger charge is 2.11. The van der Waals surface area contributed by atoms with Gasteiger partial charge < -0.3 is 9.47 Å². The van der Waals surface area contributed by atoms with Crippen molar-refractivity contribution in [2.75, 3.05) is 7.11 Å². The predicted octanol–water partition coefficient (Wildman–Crippen LogP) is 3.66. The van der Waals surface area contributed by atoms with Gasteiger partial charge in [-0.25, -0.2) is 5.43 Å². The molecule has 2 rings (SSSR count). The van der Waals surface area contributed by atoms with Crippen LogP contribution in [0.25, 0.3) is 0 Å². The Morgan fingerprint density at radius 1 is 1.29 bits per heavy atom. The molecule has 1 N–H and O–H groups in total. The third-order valence-corrected chi connectivity index (χ3v) is 3.99. The monoisotopic (exact) mass is 438 g/mol. The largest absolute Gasteiger partial charge is 0.493 e. The molecule has 0 unspecified atom stereocenters. The maximum atomic E-state index is 10.8. The fourth-order valence-corrected chi connectivity index (χ4v) is 2.77. The lowest BCUT2D eigenvalue weighted by atomic mass is 10.2. The number of nitrogens with zero attached hydrogens (tertiary/aromatic N) is 1. The van der Waals surface area contributed by atoms with E-state index in [-0.39, 0.29) is 5.91 Å². The lowest BCUT2D eigenvalue weighted by Gasteiger charge is -2.13. The Balaban J connectivity index is 2.15. The number of amides is 1. The molecule has 0 saturated heterocycles. The number of nitrogens with one attached hydrogen (secondary N) is 1. The fraction of sp³-hybridized carbons (Fsp3) is 0.222. The lowest BCUT2D eigenvalue weighted by Crippen LogP contribution is -2.12. The molecule has 2 aromatic rings. The molecule has 0 aromatic heterocycles. The van der Waals surface area contributed by atoms with Crippen molar-refractivity contribution in [1.29, 1.82) is 0 Å². The maximum Gasteiger partial charge on any atom is 0.236 e. The summed E-state index contributed by atoms with van der Waals surface area (Å²) in [7, 11) is 1.60. The third-order valence-electron chi connectivity index (χ3n) is 3.19. The number of rotatable bonds is 6. The van der Waals surface area contributed by atoms with Gasteiger partial charge in [0.25, 0.3) is 0 Å². The first-order valence-electron chi connectivity index (χ1n) is 7.35. The van der Waals surface area contributed by atoms with E-state index in [4.69, 9.17) is 9.47 Å². The Hall–Kier alpha value is -2.09. The molecular weight excluding hydrogens is 419 g/mol. The zero-order valence-electron chi connectivity index (χ0n) is 13.8. The minimum atomic E-state index is -0.217. The summed E-state index contributed by atoms with van der Waals surface area (Å²) < 4.78 is 12.3. The van der Waals surface area contributed by atoms with Gasteiger partial charge in [-0.15, -0.1) is 0 Å². The van der Waals surface area contributed by atoms with Crippen LogP contribution in [0.1, 0.15) is 23.6 Å². The number of halogens is 1. The van der Waals surface area contributed by atoms with Crippen molar-refractivity contribution >= 4 is 34.7 Å². The van der Waals surface area contributed by atoms with Gasteiger partial charge in [0.05, 0.1) is 16.9 Å². The number of carbonyl (C=O) groups is 1. The molecule has 126 valence electrons. The minimum Gasteiger partial charge on any atom is -0.493 e. The molecule has 0 bridgehead atoms. The molecule has 0 radical (unpaired) electrons. The van der Waals surface area contributed by atoms with Gasteiger partial charge in [0.15, 0.2) is 11.5 Å². The highest BCUT2D eigenvalue weighted by atomic mass is 127. The second kappa shape index (κ2) is 8.68. The number of benzene rings is 2. The van der Waals surface area contributed by atoms with Crippen molar-refractivity contribution < 1.29 is 14.3 Å².